The van der Waals surface area contributed by atoms with Crippen molar-refractivity contribution < 1.29 is 14.3 Å². The van der Waals surface area contributed by atoms with Crippen LogP contribution in [0.15, 0.2) is 42.6 Å². The van der Waals surface area contributed by atoms with Crippen molar-refractivity contribution in [3.63, 3.8) is 0 Å². The smallest absolute Gasteiger partial charge is 0.255 e. The largest absolute Gasteiger partial charge is 0.486 e. The van der Waals surface area contributed by atoms with Crippen LogP contribution >= 0.6 is 0 Å². The quantitative estimate of drug-likeness (QED) is 0.762. The number of fused-ring (bicyclic) bond motifs is 1. The van der Waals surface area contributed by atoms with Crippen LogP contribution in [-0.2, 0) is 0 Å². The number of para-hydroxylation sites is 1. The molecule has 3 aliphatic rings. The number of nitrogens with zero attached hydrogens (tertiary/aromatic N) is 3. The highest BCUT2D eigenvalue weighted by Crippen LogP contribution is 2.39. The summed E-state index contributed by atoms with van der Waals surface area (Å²) >= 11 is 0. The number of rotatable bonds is 2. The molecule has 156 valence electrons. The normalized spacial score (nSPS) is 23.8. The molecule has 0 aliphatic carbocycles. The predicted molar refractivity (Wildman–Crippen MR) is 114 cm³/mol. The number of benzene rings is 1. The van der Waals surface area contributed by atoms with Crippen molar-refractivity contribution in [3.8, 4) is 5.75 Å². The highest BCUT2D eigenvalue weighted by molar-refractivity contribution is 6.00. The second kappa shape index (κ2) is 7.74. The van der Waals surface area contributed by atoms with Gasteiger partial charge in [0.1, 0.15) is 17.2 Å². The van der Waals surface area contributed by atoms with Gasteiger partial charge in [0.2, 0.25) is 0 Å². The third-order valence-corrected chi connectivity index (χ3v) is 6.61. The van der Waals surface area contributed by atoms with Gasteiger partial charge >= 0.3 is 0 Å². The van der Waals surface area contributed by atoms with E-state index in [0.717, 1.165) is 64.1 Å². The van der Waals surface area contributed by atoms with Crippen LogP contribution in [0.3, 0.4) is 0 Å². The van der Waals surface area contributed by atoms with Crippen LogP contribution in [0, 0.1) is 0 Å². The Morgan fingerprint density at radius 1 is 0.967 bits per heavy atom. The van der Waals surface area contributed by atoms with Gasteiger partial charge < -0.3 is 14.5 Å². The van der Waals surface area contributed by atoms with Crippen molar-refractivity contribution >= 4 is 17.5 Å². The summed E-state index contributed by atoms with van der Waals surface area (Å²) in [6, 6.07) is 11.4. The Bertz CT molecular complexity index is 952. The molecule has 0 radical (unpaired) electrons. The average Bonchev–Trinajstić information content (AvgIpc) is 3.24. The van der Waals surface area contributed by atoms with Gasteiger partial charge in [0.15, 0.2) is 5.78 Å². The van der Waals surface area contributed by atoms with Crippen LogP contribution in [0.4, 0.5) is 5.82 Å². The Morgan fingerprint density at radius 2 is 1.80 bits per heavy atom. The summed E-state index contributed by atoms with van der Waals surface area (Å²) in [6.07, 6.45) is 6.88. The summed E-state index contributed by atoms with van der Waals surface area (Å²) in [4.78, 5) is 34.0. The summed E-state index contributed by atoms with van der Waals surface area (Å²) in [5.74, 6) is 1.85. The van der Waals surface area contributed by atoms with Crippen LogP contribution in [-0.4, -0.2) is 53.4 Å². The molecule has 1 spiro atoms. The van der Waals surface area contributed by atoms with Crippen molar-refractivity contribution in [1.82, 2.24) is 9.88 Å². The van der Waals surface area contributed by atoms with Crippen molar-refractivity contribution in [2.45, 2.75) is 44.1 Å². The summed E-state index contributed by atoms with van der Waals surface area (Å²) < 4.78 is 6.38. The number of carbonyl (C=O) groups excluding carboxylic acids is 2. The molecule has 30 heavy (non-hydrogen) atoms. The van der Waals surface area contributed by atoms with Crippen molar-refractivity contribution in [1.29, 1.82) is 0 Å². The van der Waals surface area contributed by atoms with Gasteiger partial charge in [0.05, 0.1) is 17.5 Å². The van der Waals surface area contributed by atoms with Crippen molar-refractivity contribution in [3.05, 3.63) is 53.7 Å². The van der Waals surface area contributed by atoms with Crippen LogP contribution in [0.5, 0.6) is 5.75 Å². The fourth-order valence-electron chi connectivity index (χ4n) is 4.92. The molecule has 1 amide bonds. The molecule has 2 fully saturated rings. The molecule has 1 atom stereocenters. The van der Waals surface area contributed by atoms with Crippen LogP contribution in [0.25, 0.3) is 0 Å². The van der Waals surface area contributed by atoms with Gasteiger partial charge in [-0.3, -0.25) is 9.59 Å². The van der Waals surface area contributed by atoms with E-state index in [0.29, 0.717) is 23.3 Å². The number of anilines is 1. The van der Waals surface area contributed by atoms with E-state index in [1.165, 1.54) is 0 Å². The zero-order valence-electron chi connectivity index (χ0n) is 17.2. The number of likely N-dealkylation sites (tertiary alicyclic amines) is 1. The first kappa shape index (κ1) is 19.1. The van der Waals surface area contributed by atoms with E-state index in [1.54, 1.807) is 6.20 Å². The number of hydrogen-bond donors (Lipinski definition) is 0. The highest BCUT2D eigenvalue weighted by atomic mass is 16.5. The zero-order valence-corrected chi connectivity index (χ0v) is 17.2. The zero-order chi connectivity index (χ0) is 20.6. The van der Waals surface area contributed by atoms with Gasteiger partial charge in [-0.1, -0.05) is 12.1 Å². The van der Waals surface area contributed by atoms with Crippen LogP contribution in [0.1, 0.15) is 59.2 Å². The summed E-state index contributed by atoms with van der Waals surface area (Å²) in [5.41, 5.74) is 0.931. The van der Waals surface area contributed by atoms with E-state index in [-0.39, 0.29) is 11.7 Å². The second-order valence-corrected chi connectivity index (χ2v) is 8.63. The lowest BCUT2D eigenvalue weighted by atomic mass is 9.84. The first-order chi connectivity index (χ1) is 14.6. The minimum Gasteiger partial charge on any atom is -0.486 e. The third-order valence-electron chi connectivity index (χ3n) is 6.61. The van der Waals surface area contributed by atoms with Gasteiger partial charge in [-0.05, 0) is 49.9 Å². The molecule has 2 saturated heterocycles. The molecule has 6 heteroatoms. The molecular weight excluding hydrogens is 378 g/mol. The number of carbonyl (C=O) groups is 2. The number of ketones is 1. The second-order valence-electron chi connectivity index (χ2n) is 8.63. The summed E-state index contributed by atoms with van der Waals surface area (Å²) in [7, 11) is 0. The Morgan fingerprint density at radius 3 is 2.60 bits per heavy atom. The van der Waals surface area contributed by atoms with E-state index < -0.39 is 5.60 Å². The molecule has 1 aromatic heterocycles. The van der Waals surface area contributed by atoms with E-state index in [9.17, 15) is 9.59 Å². The molecule has 0 saturated carbocycles. The topological polar surface area (TPSA) is 62.7 Å². The third kappa shape index (κ3) is 3.55. The number of Topliss-reactive ketones (excluding diaryl/α,β-unsaturated/α-hetero) is 1. The number of aromatic nitrogens is 1. The monoisotopic (exact) mass is 405 g/mol. The predicted octanol–water partition coefficient (Wildman–Crippen LogP) is 3.71. The van der Waals surface area contributed by atoms with Crippen LogP contribution in [0.2, 0.25) is 0 Å². The Kier molecular flexibility index (Phi) is 4.93. The van der Waals surface area contributed by atoms with E-state index in [4.69, 9.17) is 4.74 Å². The van der Waals surface area contributed by atoms with Gasteiger partial charge in [-0.15, -0.1) is 0 Å². The number of hydrogen-bond acceptors (Lipinski definition) is 5. The fraction of sp³-hybridized carbons (Fsp3) is 0.458. The lowest BCUT2D eigenvalue weighted by Crippen LogP contribution is -2.43. The van der Waals surface area contributed by atoms with E-state index in [1.807, 2.05) is 41.3 Å². The maximum Gasteiger partial charge on any atom is 0.255 e. The minimum atomic E-state index is -0.425. The first-order valence-corrected chi connectivity index (χ1v) is 11.0. The summed E-state index contributed by atoms with van der Waals surface area (Å²) in [5, 5.41) is 0. The lowest BCUT2D eigenvalue weighted by molar-refractivity contribution is 0.0323. The first-order valence-electron chi connectivity index (χ1n) is 11.0. The molecule has 6 nitrogen and oxygen atoms in total. The maximum absolute atomic E-state index is 12.7. The maximum atomic E-state index is 12.7. The van der Waals surface area contributed by atoms with E-state index >= 15 is 0 Å². The van der Waals surface area contributed by atoms with E-state index in [2.05, 4.69) is 9.88 Å². The van der Waals surface area contributed by atoms with Crippen molar-refractivity contribution in [2.24, 2.45) is 0 Å². The Hall–Kier alpha value is -2.89. The molecule has 5 rings (SSSR count). The van der Waals surface area contributed by atoms with Crippen molar-refractivity contribution in [2.75, 3.05) is 31.1 Å². The highest BCUT2D eigenvalue weighted by Gasteiger charge is 2.41. The van der Waals surface area contributed by atoms with Gasteiger partial charge in [-0.25, -0.2) is 4.98 Å². The number of pyridine rings is 1. The SMILES string of the molecule is O=C1CC2(CCCN(c3ccc(C(=O)N4CCCC4)cn3)CC2)Oc2ccccc21. The Labute approximate surface area is 176 Å². The van der Waals surface area contributed by atoms with Gasteiger partial charge in [-0.2, -0.15) is 0 Å². The van der Waals surface area contributed by atoms with Gasteiger partial charge in [0.25, 0.3) is 5.91 Å². The standard InChI is InChI=1S/C24H27N3O3/c28-20-16-24(30-21-7-2-1-6-19(20)21)10-5-14-26(15-11-24)22-9-8-18(17-25-22)23(29)27-12-3-4-13-27/h1-2,6-9,17H,3-5,10-16H2. The minimum absolute atomic E-state index is 0.0779. The van der Waals surface area contributed by atoms with Crippen LogP contribution < -0.4 is 9.64 Å². The molecule has 4 heterocycles. The summed E-state index contributed by atoms with van der Waals surface area (Å²) in [6.45, 7) is 3.34. The fourth-order valence-corrected chi connectivity index (χ4v) is 4.92. The molecule has 1 unspecified atom stereocenters. The number of amides is 1. The molecule has 2 aromatic rings. The molecule has 0 N–H and O–H groups in total. The molecule has 1 aromatic carbocycles. The molecule has 3 aliphatic heterocycles. The average molecular weight is 405 g/mol. The molecular formula is C24H27N3O3. The van der Waals surface area contributed by atoms with Gasteiger partial charge in [0, 0.05) is 38.8 Å². The number of ether oxygens (including phenoxy) is 1. The lowest BCUT2D eigenvalue weighted by Gasteiger charge is -2.37. The molecule has 0 bridgehead atoms. The Balaban J connectivity index is 1.28.